The summed E-state index contributed by atoms with van der Waals surface area (Å²) in [6, 6.07) is 9.22. The summed E-state index contributed by atoms with van der Waals surface area (Å²) in [6.45, 7) is 4.69. The molecule has 1 aliphatic rings. The smallest absolute Gasteiger partial charge is 0.00199 e. The highest BCUT2D eigenvalue weighted by Crippen LogP contribution is 2.16. The summed E-state index contributed by atoms with van der Waals surface area (Å²) < 4.78 is 0. The lowest BCUT2D eigenvalue weighted by atomic mass is 9.98. The van der Waals surface area contributed by atoms with Crippen molar-refractivity contribution in [2.75, 3.05) is 13.1 Å². The van der Waals surface area contributed by atoms with Crippen LogP contribution in [0, 0.1) is 5.92 Å². The maximum atomic E-state index is 3.43. The van der Waals surface area contributed by atoms with Gasteiger partial charge in [0.1, 0.15) is 0 Å². The predicted octanol–water partition coefficient (Wildman–Crippen LogP) is 3.18. The van der Waals surface area contributed by atoms with Crippen LogP contribution in [0.3, 0.4) is 0 Å². The van der Waals surface area contributed by atoms with E-state index in [1.54, 1.807) is 0 Å². The van der Waals surface area contributed by atoms with Crippen molar-refractivity contribution in [1.29, 1.82) is 0 Å². The Balaban J connectivity index is 1.80. The summed E-state index contributed by atoms with van der Waals surface area (Å²) in [7, 11) is 0. The van der Waals surface area contributed by atoms with Gasteiger partial charge in [0.05, 0.1) is 0 Å². The van der Waals surface area contributed by atoms with Crippen molar-refractivity contribution in [2.45, 2.75) is 39.0 Å². The van der Waals surface area contributed by atoms with Gasteiger partial charge >= 0.3 is 0 Å². The normalized spacial score (nSPS) is 20.2. The van der Waals surface area contributed by atoms with E-state index < -0.39 is 0 Å². The first kappa shape index (κ1) is 11.7. The number of hydrogen-bond acceptors (Lipinski definition) is 1. The van der Waals surface area contributed by atoms with Crippen LogP contribution in [-0.2, 0) is 12.8 Å². The summed E-state index contributed by atoms with van der Waals surface area (Å²) in [5, 5.41) is 3.43. The van der Waals surface area contributed by atoms with Gasteiger partial charge in [-0.15, -0.1) is 0 Å². The molecule has 1 atom stereocenters. The van der Waals surface area contributed by atoms with Crippen LogP contribution < -0.4 is 5.32 Å². The second kappa shape index (κ2) is 6.05. The van der Waals surface area contributed by atoms with Crippen molar-refractivity contribution >= 4 is 0 Å². The maximum absolute atomic E-state index is 3.43. The number of hydrogen-bond donors (Lipinski definition) is 1. The number of benzene rings is 1. The van der Waals surface area contributed by atoms with Crippen LogP contribution >= 0.6 is 0 Å². The second-order valence-corrected chi connectivity index (χ2v) is 4.96. The minimum absolute atomic E-state index is 0.912. The predicted molar refractivity (Wildman–Crippen MR) is 69.7 cm³/mol. The first-order valence-electron chi connectivity index (χ1n) is 6.67. The molecule has 1 unspecified atom stereocenters. The van der Waals surface area contributed by atoms with Crippen LogP contribution in [0.4, 0.5) is 0 Å². The Labute approximate surface area is 99.3 Å². The quantitative estimate of drug-likeness (QED) is 0.798. The largest absolute Gasteiger partial charge is 0.316 e. The van der Waals surface area contributed by atoms with E-state index in [0.29, 0.717) is 0 Å². The molecule has 1 aromatic rings. The molecule has 0 aromatic heterocycles. The Morgan fingerprint density at radius 3 is 2.38 bits per heavy atom. The molecule has 1 heteroatoms. The molecule has 0 saturated carbocycles. The molecule has 0 aliphatic carbocycles. The highest BCUT2D eigenvalue weighted by molar-refractivity contribution is 5.22. The third kappa shape index (κ3) is 3.34. The van der Waals surface area contributed by atoms with Crippen LogP contribution in [0.15, 0.2) is 24.3 Å². The Morgan fingerprint density at radius 1 is 1.12 bits per heavy atom. The van der Waals surface area contributed by atoms with Crippen LogP contribution in [0.1, 0.15) is 37.3 Å². The summed E-state index contributed by atoms with van der Waals surface area (Å²) in [4.78, 5) is 0. The lowest BCUT2D eigenvalue weighted by molar-refractivity contribution is 0.533. The van der Waals surface area contributed by atoms with Crippen molar-refractivity contribution in [2.24, 2.45) is 5.92 Å². The summed E-state index contributed by atoms with van der Waals surface area (Å²) >= 11 is 0. The fraction of sp³-hybridized carbons (Fsp3) is 0.600. The molecule has 1 N–H and O–H groups in total. The third-order valence-corrected chi connectivity index (χ3v) is 3.57. The molecule has 1 heterocycles. The van der Waals surface area contributed by atoms with E-state index in [1.807, 2.05) is 0 Å². The van der Waals surface area contributed by atoms with Crippen molar-refractivity contribution in [3.8, 4) is 0 Å². The zero-order valence-corrected chi connectivity index (χ0v) is 10.3. The highest BCUT2D eigenvalue weighted by Gasteiger charge is 2.13. The molecular weight excluding hydrogens is 194 g/mol. The first-order chi connectivity index (χ1) is 7.88. The molecule has 1 fully saturated rings. The van der Waals surface area contributed by atoms with Crippen molar-refractivity contribution in [3.63, 3.8) is 0 Å². The van der Waals surface area contributed by atoms with Gasteiger partial charge in [-0.2, -0.15) is 0 Å². The Hall–Kier alpha value is -0.820. The van der Waals surface area contributed by atoms with E-state index in [0.717, 1.165) is 5.92 Å². The zero-order valence-electron chi connectivity index (χ0n) is 10.3. The molecule has 1 nitrogen and oxygen atoms in total. The van der Waals surface area contributed by atoms with Crippen LogP contribution in [0.25, 0.3) is 0 Å². The van der Waals surface area contributed by atoms with Gasteiger partial charge in [-0.1, -0.05) is 37.6 Å². The molecule has 2 rings (SSSR count). The lowest BCUT2D eigenvalue weighted by Crippen LogP contribution is -2.09. The molecule has 1 aliphatic heterocycles. The summed E-state index contributed by atoms with van der Waals surface area (Å²) in [5.74, 6) is 0.912. The van der Waals surface area contributed by atoms with Crippen LogP contribution in [-0.4, -0.2) is 13.1 Å². The standard InChI is InChI=1S/C15H23N/c1-2-3-13-4-6-14(7-5-13)8-9-15-10-11-16-12-15/h4-7,15-16H,2-3,8-12H2,1H3. The average molecular weight is 217 g/mol. The van der Waals surface area contributed by atoms with Crippen LogP contribution in [0.2, 0.25) is 0 Å². The number of rotatable bonds is 5. The van der Waals surface area contributed by atoms with Gasteiger partial charge in [-0.05, 0) is 55.8 Å². The average Bonchev–Trinajstić information content (AvgIpc) is 2.82. The van der Waals surface area contributed by atoms with E-state index >= 15 is 0 Å². The van der Waals surface area contributed by atoms with Gasteiger partial charge in [-0.3, -0.25) is 0 Å². The van der Waals surface area contributed by atoms with Gasteiger partial charge in [0, 0.05) is 0 Å². The minimum atomic E-state index is 0.912. The number of aryl methyl sites for hydroxylation is 2. The van der Waals surface area contributed by atoms with Gasteiger partial charge in [0.25, 0.3) is 0 Å². The molecule has 88 valence electrons. The highest BCUT2D eigenvalue weighted by atomic mass is 14.9. The van der Waals surface area contributed by atoms with Crippen molar-refractivity contribution in [1.82, 2.24) is 5.32 Å². The fourth-order valence-corrected chi connectivity index (χ4v) is 2.49. The first-order valence-corrected chi connectivity index (χ1v) is 6.67. The lowest BCUT2D eigenvalue weighted by Gasteiger charge is -2.08. The Bertz CT molecular complexity index is 296. The SMILES string of the molecule is CCCc1ccc(CCC2CCNC2)cc1. The van der Waals surface area contributed by atoms with Crippen molar-refractivity contribution in [3.05, 3.63) is 35.4 Å². The second-order valence-electron chi connectivity index (χ2n) is 4.96. The van der Waals surface area contributed by atoms with Crippen LogP contribution in [0.5, 0.6) is 0 Å². The Kier molecular flexibility index (Phi) is 4.41. The summed E-state index contributed by atoms with van der Waals surface area (Å²) in [6.07, 6.45) is 6.42. The van der Waals surface area contributed by atoms with E-state index in [2.05, 4.69) is 36.5 Å². The molecule has 0 spiro atoms. The fourth-order valence-electron chi connectivity index (χ4n) is 2.49. The minimum Gasteiger partial charge on any atom is -0.316 e. The maximum Gasteiger partial charge on any atom is -0.00199 e. The summed E-state index contributed by atoms with van der Waals surface area (Å²) in [5.41, 5.74) is 2.99. The van der Waals surface area contributed by atoms with Gasteiger partial charge in [-0.25, -0.2) is 0 Å². The van der Waals surface area contributed by atoms with Gasteiger partial charge < -0.3 is 5.32 Å². The van der Waals surface area contributed by atoms with E-state index in [4.69, 9.17) is 0 Å². The van der Waals surface area contributed by atoms with Crippen molar-refractivity contribution < 1.29 is 0 Å². The Morgan fingerprint density at radius 2 is 1.81 bits per heavy atom. The zero-order chi connectivity index (χ0) is 11.2. The molecule has 0 amide bonds. The third-order valence-electron chi connectivity index (χ3n) is 3.57. The van der Waals surface area contributed by atoms with Gasteiger partial charge in [0.2, 0.25) is 0 Å². The van der Waals surface area contributed by atoms with E-state index in [9.17, 15) is 0 Å². The molecule has 1 saturated heterocycles. The molecule has 0 bridgehead atoms. The molecule has 1 aromatic carbocycles. The van der Waals surface area contributed by atoms with E-state index in [-0.39, 0.29) is 0 Å². The van der Waals surface area contributed by atoms with Gasteiger partial charge in [0.15, 0.2) is 0 Å². The molecular formula is C15H23N. The molecule has 0 radical (unpaired) electrons. The number of nitrogens with one attached hydrogen (secondary N) is 1. The topological polar surface area (TPSA) is 12.0 Å². The molecule has 16 heavy (non-hydrogen) atoms. The van der Waals surface area contributed by atoms with E-state index in [1.165, 1.54) is 56.3 Å². The monoisotopic (exact) mass is 217 g/mol.